The number of nitrogens with zero attached hydrogens (tertiary/aromatic N) is 1. The van der Waals surface area contributed by atoms with Crippen molar-refractivity contribution in [2.24, 2.45) is 0 Å². The van der Waals surface area contributed by atoms with Crippen LogP contribution in [0.5, 0.6) is 0 Å². The average molecular weight is 469 g/mol. The fourth-order valence-electron chi connectivity index (χ4n) is 3.54. The van der Waals surface area contributed by atoms with Crippen LogP contribution in [0.4, 0.5) is 5.69 Å². The molecule has 0 spiro atoms. The van der Waals surface area contributed by atoms with Crippen molar-refractivity contribution in [2.75, 3.05) is 5.32 Å². The zero-order valence-corrected chi connectivity index (χ0v) is 19.4. The van der Waals surface area contributed by atoms with Gasteiger partial charge in [-0.25, -0.2) is 4.98 Å². The molecular formula is C28H21ClN2O3. The van der Waals surface area contributed by atoms with E-state index in [9.17, 15) is 4.79 Å². The first-order valence-electron chi connectivity index (χ1n) is 10.8. The van der Waals surface area contributed by atoms with Crippen molar-refractivity contribution in [3.63, 3.8) is 0 Å². The second-order valence-electron chi connectivity index (χ2n) is 8.06. The molecule has 0 fully saturated rings. The molecule has 34 heavy (non-hydrogen) atoms. The van der Waals surface area contributed by atoms with E-state index in [0.29, 0.717) is 28.1 Å². The van der Waals surface area contributed by atoms with Crippen LogP contribution >= 0.6 is 11.6 Å². The van der Waals surface area contributed by atoms with Gasteiger partial charge in [0.2, 0.25) is 11.8 Å². The zero-order valence-electron chi connectivity index (χ0n) is 18.6. The van der Waals surface area contributed by atoms with Crippen LogP contribution in [0.25, 0.3) is 40.0 Å². The molecule has 0 aliphatic carbocycles. The Morgan fingerprint density at radius 1 is 0.912 bits per heavy atom. The maximum absolute atomic E-state index is 12.4. The predicted octanol–water partition coefficient (Wildman–Crippen LogP) is 7.68. The number of halogens is 1. The number of furan rings is 1. The highest BCUT2D eigenvalue weighted by molar-refractivity contribution is 6.31. The molecule has 0 radical (unpaired) electrons. The van der Waals surface area contributed by atoms with Gasteiger partial charge in [-0.05, 0) is 85.6 Å². The van der Waals surface area contributed by atoms with E-state index in [1.807, 2.05) is 86.6 Å². The van der Waals surface area contributed by atoms with E-state index < -0.39 is 0 Å². The monoisotopic (exact) mass is 468 g/mol. The number of anilines is 1. The van der Waals surface area contributed by atoms with Gasteiger partial charge in [0.1, 0.15) is 17.0 Å². The Hall–Kier alpha value is -4.09. The molecule has 0 atom stereocenters. The van der Waals surface area contributed by atoms with Crippen molar-refractivity contribution in [3.8, 4) is 22.8 Å². The van der Waals surface area contributed by atoms with E-state index in [1.165, 1.54) is 6.08 Å². The molecule has 3 aromatic carbocycles. The third-order valence-electron chi connectivity index (χ3n) is 5.42. The van der Waals surface area contributed by atoms with E-state index in [-0.39, 0.29) is 5.91 Å². The number of carbonyl (C=O) groups excluding carboxylic acids is 1. The smallest absolute Gasteiger partial charge is 0.248 e. The fraction of sp³-hybridized carbons (Fsp3) is 0.0714. The van der Waals surface area contributed by atoms with Gasteiger partial charge in [0.25, 0.3) is 0 Å². The largest absolute Gasteiger partial charge is 0.457 e. The number of rotatable bonds is 5. The number of fused-ring (bicyclic) bond motifs is 1. The summed E-state index contributed by atoms with van der Waals surface area (Å²) in [5.41, 5.74) is 6.09. The fourth-order valence-corrected chi connectivity index (χ4v) is 3.72. The molecule has 5 rings (SSSR count). The molecule has 2 aromatic heterocycles. The van der Waals surface area contributed by atoms with Gasteiger partial charge in [0.15, 0.2) is 5.58 Å². The summed E-state index contributed by atoms with van der Waals surface area (Å²) < 4.78 is 11.7. The second kappa shape index (κ2) is 9.04. The van der Waals surface area contributed by atoms with E-state index >= 15 is 0 Å². The van der Waals surface area contributed by atoms with Crippen LogP contribution in [0.1, 0.15) is 16.9 Å². The van der Waals surface area contributed by atoms with Gasteiger partial charge in [0, 0.05) is 27.9 Å². The van der Waals surface area contributed by atoms with Gasteiger partial charge in [-0.1, -0.05) is 29.8 Å². The first-order chi connectivity index (χ1) is 16.4. The minimum atomic E-state index is -0.263. The van der Waals surface area contributed by atoms with E-state index in [0.717, 1.165) is 33.4 Å². The van der Waals surface area contributed by atoms with Crippen LogP contribution in [-0.4, -0.2) is 10.9 Å². The maximum atomic E-state index is 12.4. The Balaban J connectivity index is 1.24. The van der Waals surface area contributed by atoms with E-state index in [4.69, 9.17) is 20.4 Å². The Morgan fingerprint density at radius 2 is 1.71 bits per heavy atom. The molecule has 0 unspecified atom stereocenters. The molecule has 2 heterocycles. The Morgan fingerprint density at radius 3 is 2.50 bits per heavy atom. The van der Waals surface area contributed by atoms with Crippen molar-refractivity contribution in [1.29, 1.82) is 0 Å². The molecule has 1 N–H and O–H groups in total. The molecule has 0 saturated carbocycles. The Bertz CT molecular complexity index is 1530. The highest BCUT2D eigenvalue weighted by atomic mass is 35.5. The molecule has 5 aromatic rings. The molecular weight excluding hydrogens is 448 g/mol. The van der Waals surface area contributed by atoms with Gasteiger partial charge >= 0.3 is 0 Å². The van der Waals surface area contributed by atoms with E-state index in [2.05, 4.69) is 10.3 Å². The topological polar surface area (TPSA) is 68.3 Å². The number of oxazole rings is 1. The number of amides is 1. The quantitative estimate of drug-likeness (QED) is 0.268. The lowest BCUT2D eigenvalue weighted by Crippen LogP contribution is -2.07. The third-order valence-corrected chi connectivity index (χ3v) is 5.83. The number of aromatic nitrogens is 1. The molecule has 0 aliphatic heterocycles. The normalized spacial score (nSPS) is 11.4. The van der Waals surface area contributed by atoms with Crippen molar-refractivity contribution >= 4 is 40.4 Å². The summed E-state index contributed by atoms with van der Waals surface area (Å²) in [6.45, 7) is 3.97. The van der Waals surface area contributed by atoms with Crippen LogP contribution < -0.4 is 5.32 Å². The molecule has 6 heteroatoms. The summed E-state index contributed by atoms with van der Waals surface area (Å²) >= 11 is 6.20. The average Bonchev–Trinajstić information content (AvgIpc) is 3.47. The summed E-state index contributed by atoms with van der Waals surface area (Å²) in [5, 5.41) is 3.52. The standard InChI is InChI=1S/C28H21ClN2O3/c1-17-3-12-26-24(15-17)31-28(34-26)19-6-8-21(9-7-19)30-27(32)14-11-22-10-13-25(33-22)20-5-4-18(2)23(29)16-20/h3-16H,1-2H3,(H,30,32)/b14-11+. The molecule has 0 aliphatic rings. The lowest BCUT2D eigenvalue weighted by atomic mass is 10.1. The molecule has 1 amide bonds. The number of hydrogen-bond donors (Lipinski definition) is 1. The first kappa shape index (κ1) is 21.7. The van der Waals surface area contributed by atoms with E-state index in [1.54, 1.807) is 6.08 Å². The SMILES string of the molecule is Cc1ccc2oc(-c3ccc(NC(=O)/C=C/c4ccc(-c5ccc(C)c(Cl)c5)o4)cc3)nc2c1. The lowest BCUT2D eigenvalue weighted by molar-refractivity contribution is -0.111. The van der Waals surface area contributed by atoms with Gasteiger partial charge in [-0.3, -0.25) is 4.79 Å². The third kappa shape index (κ3) is 4.65. The van der Waals surface area contributed by atoms with Gasteiger partial charge in [-0.15, -0.1) is 0 Å². The minimum absolute atomic E-state index is 0.263. The second-order valence-corrected chi connectivity index (χ2v) is 8.46. The summed E-state index contributed by atoms with van der Waals surface area (Å²) in [5.74, 6) is 1.54. The van der Waals surface area contributed by atoms with Crippen molar-refractivity contribution in [2.45, 2.75) is 13.8 Å². The summed E-state index contributed by atoms with van der Waals surface area (Å²) in [4.78, 5) is 16.9. The maximum Gasteiger partial charge on any atom is 0.248 e. The van der Waals surface area contributed by atoms with Gasteiger partial charge < -0.3 is 14.2 Å². The van der Waals surface area contributed by atoms with Crippen molar-refractivity contribution < 1.29 is 13.6 Å². The first-order valence-corrected chi connectivity index (χ1v) is 11.2. The summed E-state index contributed by atoms with van der Waals surface area (Å²) in [7, 11) is 0. The molecule has 168 valence electrons. The molecule has 0 bridgehead atoms. The summed E-state index contributed by atoms with van der Waals surface area (Å²) in [6.07, 6.45) is 3.06. The Kier molecular flexibility index (Phi) is 5.78. The minimum Gasteiger partial charge on any atom is -0.457 e. The summed E-state index contributed by atoms with van der Waals surface area (Å²) in [6, 6.07) is 22.7. The van der Waals surface area contributed by atoms with Crippen LogP contribution in [-0.2, 0) is 4.79 Å². The number of hydrogen-bond acceptors (Lipinski definition) is 4. The molecule has 5 nitrogen and oxygen atoms in total. The highest BCUT2D eigenvalue weighted by Gasteiger charge is 2.09. The van der Waals surface area contributed by atoms with Crippen LogP contribution in [0.3, 0.4) is 0 Å². The van der Waals surface area contributed by atoms with Crippen molar-refractivity contribution in [1.82, 2.24) is 4.98 Å². The highest BCUT2D eigenvalue weighted by Crippen LogP contribution is 2.28. The van der Waals surface area contributed by atoms with Crippen LogP contribution in [0, 0.1) is 13.8 Å². The molecule has 0 saturated heterocycles. The van der Waals surface area contributed by atoms with Gasteiger partial charge in [-0.2, -0.15) is 0 Å². The number of nitrogens with one attached hydrogen (secondary N) is 1. The zero-order chi connectivity index (χ0) is 23.7. The number of aryl methyl sites for hydroxylation is 2. The van der Waals surface area contributed by atoms with Crippen molar-refractivity contribution in [3.05, 3.63) is 101 Å². The predicted molar refractivity (Wildman–Crippen MR) is 136 cm³/mol. The van der Waals surface area contributed by atoms with Crippen LogP contribution in [0.15, 0.2) is 87.7 Å². The number of carbonyl (C=O) groups is 1. The van der Waals surface area contributed by atoms with Crippen LogP contribution in [0.2, 0.25) is 5.02 Å². The Labute approximate surface area is 201 Å². The lowest BCUT2D eigenvalue weighted by Gasteiger charge is -2.03. The number of benzene rings is 3. The van der Waals surface area contributed by atoms with Gasteiger partial charge in [0.05, 0.1) is 0 Å².